The molecule has 33 heavy (non-hydrogen) atoms. The van der Waals surface area contributed by atoms with Crippen LogP contribution in [0.3, 0.4) is 0 Å². The number of anilines is 1. The van der Waals surface area contributed by atoms with E-state index in [0.29, 0.717) is 11.0 Å². The number of aryl methyl sites for hydroxylation is 1. The quantitative estimate of drug-likeness (QED) is 0.344. The number of rotatable bonds is 3. The number of fused-ring (bicyclic) bond motifs is 3. The second-order valence-corrected chi connectivity index (χ2v) is 9.52. The standard InChI is InChI=1S/C26H21ClN4OS/c1-15-3-5-16(6-4-15)24-22-23(30-26-28-14-29-31(24)26)20-13-18(27)9-12-21(20)32-25(22)17-7-10-19(33-2)11-8-17/h3-14,24-25H,1-2H3,(H,28,29,30). The second kappa shape index (κ2) is 7.97. The van der Waals surface area contributed by atoms with E-state index in [2.05, 4.69) is 77.1 Å². The van der Waals surface area contributed by atoms with Gasteiger partial charge < -0.3 is 10.1 Å². The third-order valence-corrected chi connectivity index (χ3v) is 7.17. The fourth-order valence-corrected chi connectivity index (χ4v) is 5.15. The van der Waals surface area contributed by atoms with Gasteiger partial charge in [-0.1, -0.05) is 53.6 Å². The predicted molar refractivity (Wildman–Crippen MR) is 133 cm³/mol. The fraction of sp³-hybridized carbons (Fsp3) is 0.154. The average molecular weight is 473 g/mol. The molecular formula is C26H21ClN4OS. The summed E-state index contributed by atoms with van der Waals surface area (Å²) in [5.74, 6) is 1.49. The SMILES string of the molecule is CSc1ccc(C2Oc3ccc(Cl)cc3C3=C2C(c2ccc(C)cc2)n2ncnc2N3)cc1. The molecule has 0 saturated heterocycles. The van der Waals surface area contributed by atoms with Crippen molar-refractivity contribution in [2.75, 3.05) is 11.6 Å². The first-order chi connectivity index (χ1) is 16.1. The Balaban J connectivity index is 1.61. The van der Waals surface area contributed by atoms with E-state index >= 15 is 0 Å². The zero-order valence-electron chi connectivity index (χ0n) is 18.1. The number of nitrogens with one attached hydrogen (secondary N) is 1. The lowest BCUT2D eigenvalue weighted by Crippen LogP contribution is -2.32. The minimum atomic E-state index is -0.291. The van der Waals surface area contributed by atoms with Crippen LogP contribution in [0.15, 0.2) is 83.5 Å². The smallest absolute Gasteiger partial charge is 0.226 e. The van der Waals surface area contributed by atoms with Crippen molar-refractivity contribution in [1.82, 2.24) is 14.8 Å². The Morgan fingerprint density at radius 2 is 1.76 bits per heavy atom. The molecule has 7 heteroatoms. The van der Waals surface area contributed by atoms with Crippen LogP contribution in [-0.4, -0.2) is 21.0 Å². The maximum atomic E-state index is 6.66. The van der Waals surface area contributed by atoms with E-state index in [1.165, 1.54) is 10.5 Å². The van der Waals surface area contributed by atoms with Gasteiger partial charge in [-0.2, -0.15) is 10.1 Å². The zero-order chi connectivity index (χ0) is 22.5. The Morgan fingerprint density at radius 3 is 2.52 bits per heavy atom. The Kier molecular flexibility index (Phi) is 4.93. The summed E-state index contributed by atoms with van der Waals surface area (Å²) in [4.78, 5) is 5.70. The lowest BCUT2D eigenvalue weighted by atomic mass is 9.84. The van der Waals surface area contributed by atoms with Crippen molar-refractivity contribution < 1.29 is 4.74 Å². The monoisotopic (exact) mass is 472 g/mol. The van der Waals surface area contributed by atoms with Gasteiger partial charge in [0.1, 0.15) is 24.2 Å². The van der Waals surface area contributed by atoms with Crippen molar-refractivity contribution in [2.45, 2.75) is 24.0 Å². The van der Waals surface area contributed by atoms with Crippen LogP contribution in [0.25, 0.3) is 5.70 Å². The molecule has 4 aromatic rings. The molecule has 0 bridgehead atoms. The molecule has 164 valence electrons. The van der Waals surface area contributed by atoms with Crippen molar-refractivity contribution in [2.24, 2.45) is 0 Å². The summed E-state index contributed by atoms with van der Waals surface area (Å²) in [6.45, 7) is 2.09. The van der Waals surface area contributed by atoms with Gasteiger partial charge in [0.2, 0.25) is 5.95 Å². The molecular weight excluding hydrogens is 452 g/mol. The molecule has 0 fully saturated rings. The largest absolute Gasteiger partial charge is 0.480 e. The van der Waals surface area contributed by atoms with E-state index in [1.807, 2.05) is 22.9 Å². The molecule has 6 rings (SSSR count). The van der Waals surface area contributed by atoms with E-state index in [4.69, 9.17) is 16.3 Å². The van der Waals surface area contributed by atoms with Crippen LogP contribution in [0.5, 0.6) is 5.75 Å². The van der Waals surface area contributed by atoms with Gasteiger partial charge in [-0.25, -0.2) is 4.68 Å². The van der Waals surface area contributed by atoms with E-state index in [9.17, 15) is 0 Å². The molecule has 0 aliphatic carbocycles. The molecule has 1 aromatic heterocycles. The molecule has 0 spiro atoms. The minimum absolute atomic E-state index is 0.170. The summed E-state index contributed by atoms with van der Waals surface area (Å²) >= 11 is 8.13. The maximum Gasteiger partial charge on any atom is 0.226 e. The van der Waals surface area contributed by atoms with Crippen LogP contribution in [-0.2, 0) is 0 Å². The normalized spacial score (nSPS) is 18.6. The van der Waals surface area contributed by atoms with Crippen LogP contribution in [0, 0.1) is 6.92 Å². The number of nitrogens with zero attached hydrogens (tertiary/aromatic N) is 3. The Hall–Kier alpha value is -3.22. The molecule has 5 nitrogen and oxygen atoms in total. The molecule has 2 aliphatic rings. The van der Waals surface area contributed by atoms with Gasteiger partial charge in [0.25, 0.3) is 0 Å². The lowest BCUT2D eigenvalue weighted by Gasteiger charge is -2.39. The van der Waals surface area contributed by atoms with E-state index in [0.717, 1.165) is 33.7 Å². The van der Waals surface area contributed by atoms with Gasteiger partial charge in [-0.15, -0.1) is 11.8 Å². The molecule has 2 atom stereocenters. The number of hydrogen-bond donors (Lipinski definition) is 1. The molecule has 0 amide bonds. The second-order valence-electron chi connectivity index (χ2n) is 8.21. The molecule has 3 heterocycles. The molecule has 0 radical (unpaired) electrons. The van der Waals surface area contributed by atoms with E-state index < -0.39 is 0 Å². The van der Waals surface area contributed by atoms with Gasteiger partial charge in [0, 0.05) is 21.1 Å². The van der Waals surface area contributed by atoms with Gasteiger partial charge >= 0.3 is 0 Å². The van der Waals surface area contributed by atoms with E-state index in [1.54, 1.807) is 18.1 Å². The Morgan fingerprint density at radius 1 is 1.00 bits per heavy atom. The van der Waals surface area contributed by atoms with Gasteiger partial charge in [-0.05, 0) is 54.6 Å². The average Bonchev–Trinajstić information content (AvgIpc) is 3.31. The summed E-state index contributed by atoms with van der Waals surface area (Å²) in [7, 11) is 0. The van der Waals surface area contributed by atoms with Gasteiger partial charge in [-0.3, -0.25) is 0 Å². The predicted octanol–water partition coefficient (Wildman–Crippen LogP) is 6.52. The summed E-state index contributed by atoms with van der Waals surface area (Å²) < 4.78 is 8.59. The highest BCUT2D eigenvalue weighted by atomic mass is 35.5. The van der Waals surface area contributed by atoms with Crippen molar-refractivity contribution >= 4 is 35.0 Å². The minimum Gasteiger partial charge on any atom is -0.480 e. The number of benzene rings is 3. The highest BCUT2D eigenvalue weighted by molar-refractivity contribution is 7.98. The number of halogens is 1. The van der Waals surface area contributed by atoms with Crippen molar-refractivity contribution in [3.8, 4) is 5.75 Å². The Bertz CT molecular complexity index is 1380. The maximum absolute atomic E-state index is 6.66. The van der Waals surface area contributed by atoms with Crippen LogP contribution >= 0.6 is 23.4 Å². The van der Waals surface area contributed by atoms with Crippen molar-refractivity contribution in [1.29, 1.82) is 0 Å². The molecule has 3 aromatic carbocycles. The number of ether oxygens (including phenoxy) is 1. The number of hydrogen-bond acceptors (Lipinski definition) is 5. The topological polar surface area (TPSA) is 52.0 Å². The summed E-state index contributed by atoms with van der Waals surface area (Å²) in [5.41, 5.74) is 6.42. The summed E-state index contributed by atoms with van der Waals surface area (Å²) in [6, 6.07) is 22.7. The summed E-state index contributed by atoms with van der Waals surface area (Å²) in [5, 5.41) is 8.76. The van der Waals surface area contributed by atoms with E-state index in [-0.39, 0.29) is 12.1 Å². The Labute approximate surface area is 201 Å². The third kappa shape index (κ3) is 3.41. The van der Waals surface area contributed by atoms with Crippen LogP contribution in [0.1, 0.15) is 34.4 Å². The van der Waals surface area contributed by atoms with Crippen LogP contribution < -0.4 is 10.1 Å². The molecule has 2 unspecified atom stereocenters. The van der Waals surface area contributed by atoms with Crippen molar-refractivity contribution in [3.05, 3.63) is 106 Å². The van der Waals surface area contributed by atoms with Gasteiger partial charge in [0.15, 0.2) is 0 Å². The lowest BCUT2D eigenvalue weighted by molar-refractivity contribution is 0.223. The fourth-order valence-electron chi connectivity index (χ4n) is 4.56. The third-order valence-electron chi connectivity index (χ3n) is 6.19. The van der Waals surface area contributed by atoms with Crippen LogP contribution in [0.2, 0.25) is 5.02 Å². The van der Waals surface area contributed by atoms with Crippen molar-refractivity contribution in [3.63, 3.8) is 0 Å². The molecule has 2 aliphatic heterocycles. The number of thioether (sulfide) groups is 1. The first-order valence-corrected chi connectivity index (χ1v) is 12.3. The molecule has 1 N–H and O–H groups in total. The zero-order valence-corrected chi connectivity index (χ0v) is 19.7. The number of aromatic nitrogens is 3. The summed E-state index contributed by atoms with van der Waals surface area (Å²) in [6.07, 6.45) is 3.38. The molecule has 0 saturated carbocycles. The highest BCUT2D eigenvalue weighted by Crippen LogP contribution is 2.51. The first kappa shape index (κ1) is 20.4. The van der Waals surface area contributed by atoms with Crippen LogP contribution in [0.4, 0.5) is 5.95 Å². The highest BCUT2D eigenvalue weighted by Gasteiger charge is 2.41. The first-order valence-electron chi connectivity index (χ1n) is 10.7. The van der Waals surface area contributed by atoms with Gasteiger partial charge in [0.05, 0.1) is 5.70 Å².